The topological polar surface area (TPSA) is 99.0 Å². The predicted octanol–water partition coefficient (Wildman–Crippen LogP) is 1.56. The minimum atomic E-state index is 0.113. The first kappa shape index (κ1) is 12.0. The molecule has 2 aliphatic heterocycles. The molecule has 2 heterocycles. The van der Waals surface area contributed by atoms with Crippen LogP contribution in [0.3, 0.4) is 0 Å². The molecule has 2 aromatic carbocycles. The van der Waals surface area contributed by atoms with Gasteiger partial charge >= 0.3 is 0 Å². The lowest BCUT2D eigenvalue weighted by molar-refractivity contribution is 0.475. The van der Waals surface area contributed by atoms with Gasteiger partial charge in [0.15, 0.2) is 0 Å². The average molecular weight is 284 g/mol. The smallest absolute Gasteiger partial charge is 0.138 e. The highest BCUT2D eigenvalue weighted by Gasteiger charge is 2.31. The van der Waals surface area contributed by atoms with E-state index < -0.39 is 0 Å². The van der Waals surface area contributed by atoms with Crippen LogP contribution < -0.4 is 21.3 Å². The summed E-state index contributed by atoms with van der Waals surface area (Å²) in [6, 6.07) is 7.03. The maximum atomic E-state index is 9.80. The summed E-state index contributed by atoms with van der Waals surface area (Å²) in [7, 11) is 0. The number of phenols is 2. The zero-order valence-electron chi connectivity index (χ0n) is 11.4. The normalized spacial score (nSPS) is 15.6. The third kappa shape index (κ3) is 1.59. The van der Waals surface area contributed by atoms with Crippen LogP contribution >= 0.6 is 0 Å². The Balaban J connectivity index is 1.86. The van der Waals surface area contributed by atoms with Crippen molar-refractivity contribution in [1.29, 1.82) is 0 Å². The van der Waals surface area contributed by atoms with Crippen LogP contribution in [0.25, 0.3) is 0 Å². The molecule has 0 atom stereocenters. The second-order valence-electron chi connectivity index (χ2n) is 5.57. The van der Waals surface area contributed by atoms with Crippen molar-refractivity contribution in [1.82, 2.24) is 0 Å². The molecule has 2 aromatic rings. The molecule has 6 nitrogen and oxygen atoms in total. The highest BCUT2D eigenvalue weighted by atomic mass is 16.3. The number of phenolic OH excluding ortho intramolecular Hbond substituents is 2. The fraction of sp³-hybridized carbons (Fsp3) is 0.200. The summed E-state index contributed by atoms with van der Waals surface area (Å²) < 4.78 is 0. The van der Waals surface area contributed by atoms with E-state index in [1.165, 1.54) is 0 Å². The Hall–Kier alpha value is -2.76. The van der Waals surface area contributed by atoms with Crippen LogP contribution in [0.15, 0.2) is 24.3 Å². The van der Waals surface area contributed by atoms with Gasteiger partial charge in [0.2, 0.25) is 0 Å². The first-order chi connectivity index (χ1) is 10.0. The van der Waals surface area contributed by atoms with Gasteiger partial charge in [-0.1, -0.05) is 0 Å². The molecule has 0 amide bonds. The van der Waals surface area contributed by atoms with Crippen LogP contribution in [0.1, 0.15) is 11.1 Å². The minimum Gasteiger partial charge on any atom is -0.506 e. The highest BCUT2D eigenvalue weighted by Crippen LogP contribution is 2.44. The molecule has 0 saturated heterocycles. The number of aromatic hydroxyl groups is 2. The molecule has 0 spiro atoms. The summed E-state index contributed by atoms with van der Waals surface area (Å²) >= 11 is 0. The van der Waals surface area contributed by atoms with Crippen molar-refractivity contribution in [2.45, 2.75) is 13.1 Å². The Labute approximate surface area is 121 Å². The van der Waals surface area contributed by atoms with Crippen molar-refractivity contribution < 1.29 is 10.2 Å². The molecule has 0 aromatic heterocycles. The first-order valence-corrected chi connectivity index (χ1v) is 6.76. The zero-order valence-corrected chi connectivity index (χ0v) is 11.4. The molecule has 4 rings (SSSR count). The monoisotopic (exact) mass is 284 g/mol. The number of rotatable bonds is 0. The predicted molar refractivity (Wildman–Crippen MR) is 82.3 cm³/mol. The molecule has 0 aliphatic carbocycles. The van der Waals surface area contributed by atoms with Crippen LogP contribution in [0.4, 0.5) is 22.7 Å². The van der Waals surface area contributed by atoms with Gasteiger partial charge in [0, 0.05) is 30.0 Å². The van der Waals surface area contributed by atoms with Gasteiger partial charge in [-0.3, -0.25) is 0 Å². The number of benzene rings is 2. The van der Waals surface area contributed by atoms with E-state index >= 15 is 0 Å². The quantitative estimate of drug-likeness (QED) is 0.433. The molecule has 0 fully saturated rings. The third-order valence-electron chi connectivity index (χ3n) is 4.27. The molecule has 0 saturated carbocycles. The van der Waals surface area contributed by atoms with Crippen LogP contribution in [-0.2, 0) is 13.1 Å². The summed E-state index contributed by atoms with van der Waals surface area (Å²) in [5, 5.41) is 19.6. The van der Waals surface area contributed by atoms with E-state index in [0.717, 1.165) is 29.2 Å². The lowest BCUT2D eigenvalue weighted by Gasteiger charge is -2.45. The molecule has 0 unspecified atom stereocenters. The third-order valence-corrected chi connectivity index (χ3v) is 4.27. The summed E-state index contributed by atoms with van der Waals surface area (Å²) in [5.41, 5.74) is 16.6. The number of anilines is 4. The van der Waals surface area contributed by atoms with Crippen molar-refractivity contribution in [2.75, 3.05) is 27.9 Å². The Morgan fingerprint density at radius 2 is 1.67 bits per heavy atom. The van der Waals surface area contributed by atoms with Crippen LogP contribution in [-0.4, -0.2) is 16.9 Å². The van der Waals surface area contributed by atoms with Gasteiger partial charge in [-0.2, -0.15) is 0 Å². The summed E-state index contributed by atoms with van der Waals surface area (Å²) in [4.78, 5) is 4.32. The average Bonchev–Trinajstić information content (AvgIpc) is 2.46. The highest BCUT2D eigenvalue weighted by molar-refractivity contribution is 5.77. The van der Waals surface area contributed by atoms with Gasteiger partial charge in [0.05, 0.1) is 18.0 Å². The van der Waals surface area contributed by atoms with E-state index in [4.69, 9.17) is 11.5 Å². The number of hydrogen-bond acceptors (Lipinski definition) is 6. The lowest BCUT2D eigenvalue weighted by atomic mass is 9.99. The number of fused-ring (bicyclic) bond motifs is 6. The van der Waals surface area contributed by atoms with Gasteiger partial charge in [-0.25, -0.2) is 0 Å². The fourth-order valence-electron chi connectivity index (χ4n) is 3.19. The second kappa shape index (κ2) is 3.88. The van der Waals surface area contributed by atoms with E-state index in [2.05, 4.69) is 9.80 Å². The van der Waals surface area contributed by atoms with Gasteiger partial charge in [-0.05, 0) is 29.8 Å². The van der Waals surface area contributed by atoms with Crippen LogP contribution in [0.5, 0.6) is 11.5 Å². The molecule has 6 heteroatoms. The molecule has 108 valence electrons. The van der Waals surface area contributed by atoms with Crippen molar-refractivity contribution in [3.05, 3.63) is 35.4 Å². The molecule has 2 aliphatic rings. The van der Waals surface area contributed by atoms with E-state index in [-0.39, 0.29) is 11.5 Å². The first-order valence-electron chi connectivity index (χ1n) is 6.76. The molecule has 21 heavy (non-hydrogen) atoms. The largest absolute Gasteiger partial charge is 0.506 e. The van der Waals surface area contributed by atoms with Gasteiger partial charge in [0.25, 0.3) is 0 Å². The Morgan fingerprint density at radius 1 is 0.905 bits per heavy atom. The van der Waals surface area contributed by atoms with E-state index in [0.29, 0.717) is 24.5 Å². The summed E-state index contributed by atoms with van der Waals surface area (Å²) in [5.74, 6) is 0.225. The molecule has 2 bridgehead atoms. The molecular formula is C15H16N4O2. The SMILES string of the molecule is Nc1cc2c(cc1O)CN1CN2Cc2c1ccc(O)c2N. The van der Waals surface area contributed by atoms with Crippen LogP contribution in [0.2, 0.25) is 0 Å². The number of nitrogens with two attached hydrogens (primary N) is 2. The van der Waals surface area contributed by atoms with E-state index in [9.17, 15) is 10.2 Å². The maximum Gasteiger partial charge on any atom is 0.138 e. The Kier molecular flexibility index (Phi) is 2.22. The number of nitrogen functional groups attached to an aromatic ring is 2. The van der Waals surface area contributed by atoms with Crippen molar-refractivity contribution in [3.8, 4) is 11.5 Å². The fourth-order valence-corrected chi connectivity index (χ4v) is 3.19. The van der Waals surface area contributed by atoms with Crippen molar-refractivity contribution >= 4 is 22.7 Å². The van der Waals surface area contributed by atoms with Gasteiger partial charge in [0.1, 0.15) is 11.5 Å². The Morgan fingerprint density at radius 3 is 2.48 bits per heavy atom. The Bertz CT molecular complexity index is 760. The standard InChI is InChI=1S/C15H16N4O2/c16-10-4-12-8(3-14(10)21)5-18-7-19(12)6-9-11(18)1-2-13(20)15(9)17/h1-4,20-21H,5-7,16-17H2. The minimum absolute atomic E-state index is 0.113. The summed E-state index contributed by atoms with van der Waals surface area (Å²) in [6.45, 7) is 2.04. The second-order valence-corrected chi connectivity index (χ2v) is 5.57. The number of nitrogens with zero attached hydrogens (tertiary/aromatic N) is 2. The van der Waals surface area contributed by atoms with Crippen LogP contribution in [0, 0.1) is 0 Å². The zero-order chi connectivity index (χ0) is 14.7. The van der Waals surface area contributed by atoms with Crippen molar-refractivity contribution in [2.24, 2.45) is 0 Å². The molecule has 0 radical (unpaired) electrons. The van der Waals surface area contributed by atoms with E-state index in [1.807, 2.05) is 6.07 Å². The lowest BCUT2D eigenvalue weighted by Crippen LogP contribution is -2.46. The van der Waals surface area contributed by atoms with E-state index in [1.54, 1.807) is 18.2 Å². The molecule has 6 N–H and O–H groups in total. The van der Waals surface area contributed by atoms with Gasteiger partial charge < -0.3 is 31.5 Å². The molecular weight excluding hydrogens is 268 g/mol. The summed E-state index contributed by atoms with van der Waals surface area (Å²) in [6.07, 6.45) is 0. The van der Waals surface area contributed by atoms with Gasteiger partial charge in [-0.15, -0.1) is 0 Å². The number of hydrogen-bond donors (Lipinski definition) is 4. The van der Waals surface area contributed by atoms with Crippen molar-refractivity contribution in [3.63, 3.8) is 0 Å². The maximum absolute atomic E-state index is 9.80.